The second kappa shape index (κ2) is 4.91. The smallest absolute Gasteiger partial charge is 0.413 e. The zero-order chi connectivity index (χ0) is 13.1. The van der Waals surface area contributed by atoms with Crippen LogP contribution in [0.2, 0.25) is 0 Å². The summed E-state index contributed by atoms with van der Waals surface area (Å²) in [5.74, 6) is -0.539. The van der Waals surface area contributed by atoms with Gasteiger partial charge in [0.1, 0.15) is 12.2 Å². The number of carbonyl (C=O) groups is 2. The normalized spacial score (nSPS) is 11.1. The Hall–Kier alpha value is -1.96. The lowest BCUT2D eigenvalue weighted by Gasteiger charge is -2.13. The molecule has 0 fully saturated rings. The number of alkyl carbamates (subject to hydrolysis) is 1. The number of ether oxygens (including phenoxy) is 1. The van der Waals surface area contributed by atoms with Crippen molar-refractivity contribution in [2.75, 3.05) is 7.11 Å². The van der Waals surface area contributed by atoms with Crippen LogP contribution in [0, 0.1) is 0 Å². The number of nitrogens with zero attached hydrogens (tertiary/aromatic N) is 3. The molecule has 1 aromatic heterocycles. The van der Waals surface area contributed by atoms with Crippen LogP contribution in [0.4, 0.5) is 4.79 Å². The summed E-state index contributed by atoms with van der Waals surface area (Å²) in [6, 6.07) is 0. The van der Waals surface area contributed by atoms with Crippen molar-refractivity contribution in [1.82, 2.24) is 20.3 Å². The molecule has 0 aliphatic rings. The van der Waals surface area contributed by atoms with E-state index in [0.29, 0.717) is 5.69 Å². The molecule has 0 aromatic carbocycles. The van der Waals surface area contributed by atoms with Gasteiger partial charge < -0.3 is 10.5 Å². The summed E-state index contributed by atoms with van der Waals surface area (Å²) in [7, 11) is 1.17. The van der Waals surface area contributed by atoms with Crippen LogP contribution in [0.3, 0.4) is 0 Å². The number of amides is 2. The van der Waals surface area contributed by atoms with Crippen LogP contribution in [-0.2, 0) is 21.6 Å². The maximum Gasteiger partial charge on any atom is 0.413 e. The van der Waals surface area contributed by atoms with Crippen molar-refractivity contribution in [3.8, 4) is 0 Å². The predicted molar refractivity (Wildman–Crippen MR) is 57.8 cm³/mol. The van der Waals surface area contributed by atoms with Crippen LogP contribution < -0.4 is 11.1 Å². The largest absolute Gasteiger partial charge is 0.453 e. The molecule has 2 amide bonds. The van der Waals surface area contributed by atoms with E-state index >= 15 is 0 Å². The number of aromatic nitrogens is 3. The summed E-state index contributed by atoms with van der Waals surface area (Å²) in [4.78, 5) is 22.1. The molecule has 8 heteroatoms. The lowest BCUT2D eigenvalue weighted by Crippen LogP contribution is -2.33. The SMILES string of the molecule is COC(=O)NC(=O)Cn1cc(C(C)(C)N)nn1. The third-order valence-corrected chi connectivity index (χ3v) is 1.93. The Balaban J connectivity index is 2.61. The Labute approximate surface area is 98.1 Å². The first-order chi connectivity index (χ1) is 7.82. The van der Waals surface area contributed by atoms with Gasteiger partial charge in [0.05, 0.1) is 18.8 Å². The van der Waals surface area contributed by atoms with Gasteiger partial charge in [-0.05, 0) is 13.8 Å². The minimum absolute atomic E-state index is 0.127. The molecule has 8 nitrogen and oxygen atoms in total. The zero-order valence-electron chi connectivity index (χ0n) is 9.93. The molecule has 0 radical (unpaired) electrons. The molecule has 0 saturated heterocycles. The third kappa shape index (κ3) is 3.83. The van der Waals surface area contributed by atoms with E-state index in [0.717, 1.165) is 0 Å². The molecule has 17 heavy (non-hydrogen) atoms. The van der Waals surface area contributed by atoms with Crippen LogP contribution in [0.15, 0.2) is 6.20 Å². The van der Waals surface area contributed by atoms with Crippen molar-refractivity contribution in [2.24, 2.45) is 5.73 Å². The fourth-order valence-electron chi connectivity index (χ4n) is 1.02. The van der Waals surface area contributed by atoms with Gasteiger partial charge in [0.25, 0.3) is 5.91 Å². The Morgan fingerprint density at radius 3 is 2.71 bits per heavy atom. The highest BCUT2D eigenvalue weighted by atomic mass is 16.5. The van der Waals surface area contributed by atoms with Crippen LogP contribution >= 0.6 is 0 Å². The average molecular weight is 241 g/mol. The summed E-state index contributed by atoms with van der Waals surface area (Å²) >= 11 is 0. The molecule has 0 saturated carbocycles. The van der Waals surface area contributed by atoms with E-state index in [2.05, 4.69) is 15.0 Å². The fraction of sp³-hybridized carbons (Fsp3) is 0.556. The number of carbonyl (C=O) groups excluding carboxylic acids is 2. The van der Waals surface area contributed by atoms with Gasteiger partial charge in [-0.3, -0.25) is 10.1 Å². The van der Waals surface area contributed by atoms with Crippen molar-refractivity contribution in [3.63, 3.8) is 0 Å². The fourth-order valence-corrected chi connectivity index (χ4v) is 1.02. The van der Waals surface area contributed by atoms with Gasteiger partial charge in [-0.1, -0.05) is 5.21 Å². The van der Waals surface area contributed by atoms with Crippen LogP contribution in [0.1, 0.15) is 19.5 Å². The predicted octanol–water partition coefficient (Wildman–Crippen LogP) is -0.645. The Morgan fingerprint density at radius 1 is 1.59 bits per heavy atom. The summed E-state index contributed by atoms with van der Waals surface area (Å²) < 4.78 is 5.58. The third-order valence-electron chi connectivity index (χ3n) is 1.93. The molecular weight excluding hydrogens is 226 g/mol. The summed E-state index contributed by atoms with van der Waals surface area (Å²) in [6.07, 6.45) is 0.742. The molecule has 0 spiro atoms. The molecule has 1 aromatic rings. The van der Waals surface area contributed by atoms with E-state index in [1.165, 1.54) is 11.8 Å². The van der Waals surface area contributed by atoms with Gasteiger partial charge in [0.15, 0.2) is 0 Å². The number of imide groups is 1. The molecule has 0 bridgehead atoms. The second-order valence-corrected chi connectivity index (χ2v) is 4.06. The lowest BCUT2D eigenvalue weighted by atomic mass is 10.0. The molecule has 0 aliphatic heterocycles. The lowest BCUT2D eigenvalue weighted by molar-refractivity contribution is -0.121. The monoisotopic (exact) mass is 241 g/mol. The molecule has 0 unspecified atom stereocenters. The zero-order valence-corrected chi connectivity index (χ0v) is 9.93. The Morgan fingerprint density at radius 2 is 2.24 bits per heavy atom. The highest BCUT2D eigenvalue weighted by Gasteiger charge is 2.19. The molecule has 0 atom stereocenters. The molecule has 3 N–H and O–H groups in total. The maximum atomic E-state index is 11.3. The van der Waals surface area contributed by atoms with E-state index in [9.17, 15) is 9.59 Å². The molecule has 1 heterocycles. The number of nitrogens with two attached hydrogens (primary N) is 1. The Kier molecular flexibility index (Phi) is 3.79. The second-order valence-electron chi connectivity index (χ2n) is 4.06. The highest BCUT2D eigenvalue weighted by molar-refractivity contribution is 5.91. The average Bonchev–Trinajstić information content (AvgIpc) is 2.65. The number of rotatable bonds is 3. The highest BCUT2D eigenvalue weighted by Crippen LogP contribution is 2.12. The maximum absolute atomic E-state index is 11.3. The molecule has 0 aliphatic carbocycles. The van der Waals surface area contributed by atoms with E-state index < -0.39 is 17.5 Å². The molecule has 1 rings (SSSR count). The van der Waals surface area contributed by atoms with Crippen LogP contribution in [0.25, 0.3) is 0 Å². The van der Waals surface area contributed by atoms with Gasteiger partial charge in [-0.15, -0.1) is 5.10 Å². The van der Waals surface area contributed by atoms with Crippen molar-refractivity contribution < 1.29 is 14.3 Å². The summed E-state index contributed by atoms with van der Waals surface area (Å²) in [5, 5.41) is 9.57. The van der Waals surface area contributed by atoms with Gasteiger partial charge in [-0.2, -0.15) is 0 Å². The van der Waals surface area contributed by atoms with E-state index in [-0.39, 0.29) is 6.54 Å². The van der Waals surface area contributed by atoms with Crippen LogP contribution in [-0.4, -0.2) is 34.1 Å². The minimum Gasteiger partial charge on any atom is -0.453 e. The quantitative estimate of drug-likeness (QED) is 0.727. The first-order valence-electron chi connectivity index (χ1n) is 4.90. The standard InChI is InChI=1S/C9H15N5O3/c1-9(2,10)6-4-14(13-12-6)5-7(15)11-8(16)17-3/h4H,5,10H2,1-3H3,(H,11,15,16). The molecule has 94 valence electrons. The van der Waals surface area contributed by atoms with Gasteiger partial charge in [0.2, 0.25) is 0 Å². The first-order valence-corrected chi connectivity index (χ1v) is 4.90. The van der Waals surface area contributed by atoms with Gasteiger partial charge in [0, 0.05) is 0 Å². The van der Waals surface area contributed by atoms with Crippen molar-refractivity contribution in [1.29, 1.82) is 0 Å². The van der Waals surface area contributed by atoms with Gasteiger partial charge >= 0.3 is 6.09 Å². The first kappa shape index (κ1) is 13.1. The van der Waals surface area contributed by atoms with E-state index in [1.807, 2.05) is 5.32 Å². The van der Waals surface area contributed by atoms with E-state index in [1.54, 1.807) is 20.0 Å². The van der Waals surface area contributed by atoms with Crippen LogP contribution in [0.5, 0.6) is 0 Å². The van der Waals surface area contributed by atoms with Gasteiger partial charge in [-0.25, -0.2) is 9.48 Å². The van der Waals surface area contributed by atoms with Crippen molar-refractivity contribution >= 4 is 12.0 Å². The topological polar surface area (TPSA) is 112 Å². The van der Waals surface area contributed by atoms with Crippen molar-refractivity contribution in [3.05, 3.63) is 11.9 Å². The Bertz CT molecular complexity index is 421. The minimum atomic E-state index is -0.811. The van der Waals surface area contributed by atoms with E-state index in [4.69, 9.17) is 5.73 Å². The number of nitrogens with one attached hydrogen (secondary N) is 1. The number of hydrogen-bond donors (Lipinski definition) is 2. The summed E-state index contributed by atoms with van der Waals surface area (Å²) in [5.41, 5.74) is 5.74. The number of hydrogen-bond acceptors (Lipinski definition) is 6. The number of methoxy groups -OCH3 is 1. The van der Waals surface area contributed by atoms with Crippen molar-refractivity contribution in [2.45, 2.75) is 25.9 Å². The summed E-state index contributed by atoms with van der Waals surface area (Å²) in [6.45, 7) is 3.42. The molecular formula is C9H15N5O3.